The summed E-state index contributed by atoms with van der Waals surface area (Å²) >= 11 is 5.22. The molecule has 0 bridgehead atoms. The van der Waals surface area contributed by atoms with E-state index in [4.69, 9.17) is 14.2 Å². The van der Waals surface area contributed by atoms with E-state index in [2.05, 4.69) is 34.5 Å². The molecule has 0 heterocycles. The fourth-order valence-corrected chi connectivity index (χ4v) is 8.39. The van der Waals surface area contributed by atoms with Crippen LogP contribution in [0.15, 0.2) is 91.0 Å². The molecule has 56 heavy (non-hydrogen) atoms. The number of nitrogens with zero attached hydrogens (tertiary/aromatic N) is 1. The molecular formula is C41H54N2O10S3. The molecule has 0 saturated carbocycles. The monoisotopic (exact) mass is 830 g/mol. The molecule has 0 fully saturated rings. The summed E-state index contributed by atoms with van der Waals surface area (Å²) in [5.41, 5.74) is 2.17. The lowest BCUT2D eigenvalue weighted by Crippen LogP contribution is -2.63. The number of hydrogen-bond acceptors (Lipinski definition) is 11. The van der Waals surface area contributed by atoms with Crippen LogP contribution in [-0.2, 0) is 50.6 Å². The number of thioether (sulfide) groups is 3. The third-order valence-electron chi connectivity index (χ3n) is 8.30. The molecule has 3 aromatic rings. The van der Waals surface area contributed by atoms with Crippen LogP contribution in [0.5, 0.6) is 0 Å². The second-order valence-electron chi connectivity index (χ2n) is 13.0. The van der Waals surface area contributed by atoms with E-state index >= 15 is 0 Å². The fourth-order valence-electron chi connectivity index (χ4n) is 5.38. The molecule has 3 rings (SSSR count). The minimum Gasteiger partial charge on any atom is -0.481 e. The Kier molecular flexibility index (Phi) is 23.3. The predicted molar refractivity (Wildman–Crippen MR) is 223 cm³/mol. The van der Waals surface area contributed by atoms with Gasteiger partial charge in [-0.05, 0) is 16.7 Å². The number of carboxylic acid groups (broad SMARTS) is 3. The van der Waals surface area contributed by atoms with Crippen LogP contribution in [0.4, 0.5) is 0 Å². The van der Waals surface area contributed by atoms with E-state index < -0.39 is 29.5 Å². The Balaban J connectivity index is 1.89. The van der Waals surface area contributed by atoms with E-state index in [0.717, 1.165) is 28.6 Å². The number of nitrogens with one attached hydrogen (secondary N) is 1. The van der Waals surface area contributed by atoms with Crippen molar-refractivity contribution in [2.24, 2.45) is 0 Å². The fraction of sp³-hybridized carbons (Fsp3) is 0.463. The first-order chi connectivity index (χ1) is 27.2. The van der Waals surface area contributed by atoms with Gasteiger partial charge in [-0.2, -0.15) is 35.3 Å². The van der Waals surface area contributed by atoms with E-state index in [0.29, 0.717) is 24.6 Å². The Morgan fingerprint density at radius 3 is 1.29 bits per heavy atom. The van der Waals surface area contributed by atoms with Gasteiger partial charge in [0, 0.05) is 47.6 Å². The number of benzene rings is 3. The summed E-state index contributed by atoms with van der Waals surface area (Å²) in [6.45, 7) is 0.145. The average Bonchev–Trinajstić information content (AvgIpc) is 3.19. The molecule has 0 aliphatic rings. The first kappa shape index (κ1) is 46.8. The zero-order chi connectivity index (χ0) is 40.3. The van der Waals surface area contributed by atoms with Crippen LogP contribution < -0.4 is 5.32 Å². The number of carbonyl (C=O) groups excluding carboxylic acids is 1. The van der Waals surface area contributed by atoms with Crippen LogP contribution >= 0.6 is 35.3 Å². The van der Waals surface area contributed by atoms with Crippen LogP contribution in [0.2, 0.25) is 0 Å². The number of aliphatic carboxylic acids is 3. The molecule has 306 valence electrons. The first-order valence-corrected chi connectivity index (χ1v) is 21.9. The van der Waals surface area contributed by atoms with Crippen molar-refractivity contribution in [3.05, 3.63) is 108 Å². The molecule has 0 aliphatic carbocycles. The summed E-state index contributed by atoms with van der Waals surface area (Å²) in [7, 11) is 0. The van der Waals surface area contributed by atoms with Crippen molar-refractivity contribution < 1.29 is 48.7 Å². The van der Waals surface area contributed by atoms with Gasteiger partial charge >= 0.3 is 17.9 Å². The van der Waals surface area contributed by atoms with Crippen LogP contribution in [0.1, 0.15) is 36.0 Å². The Morgan fingerprint density at radius 2 is 0.929 bits per heavy atom. The maximum Gasteiger partial charge on any atom is 0.305 e. The van der Waals surface area contributed by atoms with E-state index in [1.54, 1.807) is 35.3 Å². The number of carbonyl (C=O) groups is 4. The van der Waals surface area contributed by atoms with Gasteiger partial charge in [0.2, 0.25) is 5.91 Å². The van der Waals surface area contributed by atoms with Gasteiger partial charge in [-0.1, -0.05) is 91.0 Å². The second-order valence-corrected chi connectivity index (χ2v) is 16.2. The lowest BCUT2D eigenvalue weighted by atomic mass is 10.0. The number of rotatable bonds is 32. The molecule has 0 saturated heterocycles. The standard InChI is InChI=1S/C41H54N2O10S3/c44-37(45)16-21-51-30-41(31-52-22-17-38(46)47,32-53-23-18-39(48)49)42-40(50)36(29-56-28-35-14-8-3-9-15-35)43(19-24-54-26-33-10-4-1-5-11-33)20-25-55-27-34-12-6-2-7-13-34/h1-15,36H,16-32H2,(H,42,50)(H,44,45)(H,46,47)(H,48,49). The van der Waals surface area contributed by atoms with Gasteiger partial charge in [0.05, 0.1) is 64.9 Å². The first-order valence-electron chi connectivity index (χ1n) is 18.5. The quantitative estimate of drug-likeness (QED) is 0.0558. The lowest BCUT2D eigenvalue weighted by Gasteiger charge is -2.38. The zero-order valence-corrected chi connectivity index (χ0v) is 34.1. The van der Waals surface area contributed by atoms with E-state index in [-0.39, 0.29) is 64.8 Å². The van der Waals surface area contributed by atoms with Crippen molar-refractivity contribution in [1.82, 2.24) is 10.2 Å². The van der Waals surface area contributed by atoms with Gasteiger partial charge < -0.3 is 34.8 Å². The Bertz CT molecular complexity index is 1450. The number of ether oxygens (including phenoxy) is 3. The predicted octanol–water partition coefficient (Wildman–Crippen LogP) is 5.79. The van der Waals surface area contributed by atoms with Crippen LogP contribution in [0, 0.1) is 0 Å². The molecule has 0 aromatic heterocycles. The third-order valence-corrected chi connectivity index (χ3v) is 11.4. The third kappa shape index (κ3) is 20.6. The maximum absolute atomic E-state index is 14.7. The van der Waals surface area contributed by atoms with Crippen LogP contribution in [0.25, 0.3) is 0 Å². The summed E-state index contributed by atoms with van der Waals surface area (Å²) in [5, 5.41) is 30.8. The molecule has 15 heteroatoms. The molecule has 3 aromatic carbocycles. The summed E-state index contributed by atoms with van der Waals surface area (Å²) in [6, 6.07) is 29.8. The largest absolute Gasteiger partial charge is 0.481 e. The van der Waals surface area contributed by atoms with E-state index in [1.165, 1.54) is 11.1 Å². The normalized spacial score (nSPS) is 12.0. The van der Waals surface area contributed by atoms with Crippen molar-refractivity contribution in [3.63, 3.8) is 0 Å². The molecule has 0 radical (unpaired) electrons. The lowest BCUT2D eigenvalue weighted by molar-refractivity contribution is -0.140. The number of carboxylic acids is 3. The second kappa shape index (κ2) is 27.9. The van der Waals surface area contributed by atoms with Crippen molar-refractivity contribution in [2.75, 3.05) is 70.0 Å². The van der Waals surface area contributed by atoms with Crippen molar-refractivity contribution >= 4 is 59.1 Å². The van der Waals surface area contributed by atoms with Gasteiger partial charge in [0.25, 0.3) is 0 Å². The molecule has 4 N–H and O–H groups in total. The van der Waals surface area contributed by atoms with Crippen molar-refractivity contribution in [1.29, 1.82) is 0 Å². The molecule has 1 atom stereocenters. The minimum absolute atomic E-state index is 0.156. The SMILES string of the molecule is O=C(O)CCOCC(COCCC(=O)O)(COCCC(=O)O)NC(=O)C(CSCc1ccccc1)N(CCSCc1ccccc1)CCSCc1ccccc1. The molecule has 0 aliphatic heterocycles. The van der Waals surface area contributed by atoms with Gasteiger partial charge in [0.1, 0.15) is 5.54 Å². The topological polar surface area (TPSA) is 172 Å². The van der Waals surface area contributed by atoms with Gasteiger partial charge in [0.15, 0.2) is 0 Å². The van der Waals surface area contributed by atoms with E-state index in [1.807, 2.05) is 66.7 Å². The highest BCUT2D eigenvalue weighted by Gasteiger charge is 2.37. The minimum atomic E-state index is -1.38. The highest BCUT2D eigenvalue weighted by atomic mass is 32.2. The van der Waals surface area contributed by atoms with Crippen molar-refractivity contribution in [2.45, 2.75) is 48.1 Å². The summed E-state index contributed by atoms with van der Waals surface area (Å²) in [6.07, 6.45) is -0.840. The maximum atomic E-state index is 14.7. The highest BCUT2D eigenvalue weighted by molar-refractivity contribution is 7.99. The highest BCUT2D eigenvalue weighted by Crippen LogP contribution is 2.21. The average molecular weight is 831 g/mol. The Morgan fingerprint density at radius 1 is 0.571 bits per heavy atom. The number of amides is 1. The van der Waals surface area contributed by atoms with Gasteiger partial charge in [-0.25, -0.2) is 0 Å². The van der Waals surface area contributed by atoms with Crippen LogP contribution in [0.3, 0.4) is 0 Å². The smallest absolute Gasteiger partial charge is 0.305 e. The Hall–Kier alpha value is -3.57. The number of hydrogen-bond donors (Lipinski definition) is 4. The van der Waals surface area contributed by atoms with Crippen molar-refractivity contribution in [3.8, 4) is 0 Å². The summed E-state index contributed by atoms with van der Waals surface area (Å²) in [4.78, 5) is 50.8. The molecule has 12 nitrogen and oxygen atoms in total. The summed E-state index contributed by atoms with van der Waals surface area (Å²) < 4.78 is 17.3. The zero-order valence-electron chi connectivity index (χ0n) is 31.6. The Labute approximate surface area is 342 Å². The van der Waals surface area contributed by atoms with E-state index in [9.17, 15) is 34.5 Å². The van der Waals surface area contributed by atoms with Gasteiger partial charge in [-0.3, -0.25) is 24.1 Å². The summed E-state index contributed by atoms with van der Waals surface area (Å²) in [5.74, 6) is 0.829. The molecule has 1 unspecified atom stereocenters. The molecular weight excluding hydrogens is 777 g/mol. The van der Waals surface area contributed by atoms with Gasteiger partial charge in [-0.15, -0.1) is 0 Å². The molecule has 0 spiro atoms. The van der Waals surface area contributed by atoms with Crippen LogP contribution in [-0.4, -0.2) is 126 Å². The molecule has 1 amide bonds.